The largest absolute Gasteiger partial charge is 0.349 e. The first-order chi connectivity index (χ1) is 14.5. The number of carbonyl (C=O) groups excluding carboxylic acids is 2. The Labute approximate surface area is 177 Å². The van der Waals surface area contributed by atoms with Gasteiger partial charge in [-0.25, -0.2) is 4.68 Å². The van der Waals surface area contributed by atoms with Gasteiger partial charge >= 0.3 is 0 Å². The van der Waals surface area contributed by atoms with Gasteiger partial charge < -0.3 is 10.6 Å². The van der Waals surface area contributed by atoms with Gasteiger partial charge in [0.1, 0.15) is 6.54 Å². The van der Waals surface area contributed by atoms with Crippen LogP contribution in [0.15, 0.2) is 65.5 Å². The fourth-order valence-electron chi connectivity index (χ4n) is 2.93. The minimum atomic E-state index is -0.430. The van der Waals surface area contributed by atoms with Crippen LogP contribution in [0.25, 0.3) is 11.3 Å². The lowest BCUT2D eigenvalue weighted by atomic mass is 10.1. The van der Waals surface area contributed by atoms with Crippen molar-refractivity contribution in [3.63, 3.8) is 0 Å². The molecule has 0 spiro atoms. The Balaban J connectivity index is 1.45. The van der Waals surface area contributed by atoms with Crippen molar-refractivity contribution in [3.05, 3.63) is 81.6 Å². The monoisotopic (exact) mass is 422 g/mol. The van der Waals surface area contributed by atoms with Gasteiger partial charge in [0.05, 0.1) is 16.3 Å². The van der Waals surface area contributed by atoms with Crippen LogP contribution in [-0.4, -0.2) is 27.6 Å². The van der Waals surface area contributed by atoms with E-state index in [2.05, 4.69) is 15.7 Å². The van der Waals surface area contributed by atoms with Gasteiger partial charge in [-0.15, -0.1) is 0 Å². The zero-order chi connectivity index (χ0) is 21.1. The number of hydrogen-bond acceptors (Lipinski definition) is 4. The average Bonchev–Trinajstić information content (AvgIpc) is 3.54. The quantitative estimate of drug-likeness (QED) is 0.638. The summed E-state index contributed by atoms with van der Waals surface area (Å²) in [5.41, 5.74) is 1.85. The van der Waals surface area contributed by atoms with Crippen LogP contribution in [0.4, 0.5) is 5.69 Å². The SMILES string of the molecule is O=C(Cn1nc(-c2ccccc2)ccc1=O)Nc1ccc(C(=O)NC2CC2)c(Cl)c1. The molecule has 1 saturated carbocycles. The van der Waals surface area contributed by atoms with Crippen molar-refractivity contribution in [1.82, 2.24) is 15.1 Å². The highest BCUT2D eigenvalue weighted by molar-refractivity contribution is 6.34. The fraction of sp³-hybridized carbons (Fsp3) is 0.182. The van der Waals surface area contributed by atoms with Crippen LogP contribution in [0.1, 0.15) is 23.2 Å². The molecule has 4 rings (SSSR count). The first-order valence-corrected chi connectivity index (χ1v) is 9.91. The molecule has 30 heavy (non-hydrogen) atoms. The highest BCUT2D eigenvalue weighted by Gasteiger charge is 2.24. The zero-order valence-corrected chi connectivity index (χ0v) is 16.7. The third kappa shape index (κ3) is 4.75. The molecule has 1 aromatic heterocycles. The molecule has 1 heterocycles. The molecule has 1 aliphatic rings. The summed E-state index contributed by atoms with van der Waals surface area (Å²) in [7, 11) is 0. The number of anilines is 1. The van der Waals surface area contributed by atoms with Crippen LogP contribution in [0, 0.1) is 0 Å². The maximum Gasteiger partial charge on any atom is 0.267 e. The van der Waals surface area contributed by atoms with E-state index in [1.807, 2.05) is 30.3 Å². The molecule has 3 aromatic rings. The van der Waals surface area contributed by atoms with E-state index in [4.69, 9.17) is 11.6 Å². The third-order valence-corrected chi connectivity index (χ3v) is 4.95. The summed E-state index contributed by atoms with van der Waals surface area (Å²) in [5.74, 6) is -0.657. The normalized spacial score (nSPS) is 13.0. The molecule has 1 fully saturated rings. The van der Waals surface area contributed by atoms with E-state index in [0.717, 1.165) is 23.1 Å². The molecule has 2 aromatic carbocycles. The summed E-state index contributed by atoms with van der Waals surface area (Å²) in [6.45, 7) is -0.249. The molecule has 0 atom stereocenters. The number of halogens is 1. The van der Waals surface area contributed by atoms with Crippen LogP contribution in [0.2, 0.25) is 5.02 Å². The second-order valence-corrected chi connectivity index (χ2v) is 7.48. The zero-order valence-electron chi connectivity index (χ0n) is 16.0. The Morgan fingerprint density at radius 2 is 1.83 bits per heavy atom. The number of amides is 2. The van der Waals surface area contributed by atoms with Gasteiger partial charge in [0.25, 0.3) is 11.5 Å². The van der Waals surface area contributed by atoms with Crippen molar-refractivity contribution in [2.24, 2.45) is 0 Å². The van der Waals surface area contributed by atoms with Crippen molar-refractivity contribution in [1.29, 1.82) is 0 Å². The number of nitrogens with zero attached hydrogens (tertiary/aromatic N) is 2. The first-order valence-electron chi connectivity index (χ1n) is 9.53. The Morgan fingerprint density at radius 1 is 1.07 bits per heavy atom. The number of nitrogens with one attached hydrogen (secondary N) is 2. The second-order valence-electron chi connectivity index (χ2n) is 7.07. The van der Waals surface area contributed by atoms with E-state index in [1.165, 1.54) is 12.1 Å². The molecule has 1 aliphatic carbocycles. The molecule has 2 N–H and O–H groups in total. The predicted molar refractivity (Wildman–Crippen MR) is 115 cm³/mol. The smallest absolute Gasteiger partial charge is 0.267 e. The van der Waals surface area contributed by atoms with Gasteiger partial charge in [0.2, 0.25) is 5.91 Å². The molecule has 152 valence electrons. The van der Waals surface area contributed by atoms with Crippen molar-refractivity contribution < 1.29 is 9.59 Å². The van der Waals surface area contributed by atoms with Crippen molar-refractivity contribution in [3.8, 4) is 11.3 Å². The molecule has 0 saturated heterocycles. The summed E-state index contributed by atoms with van der Waals surface area (Å²) in [6.07, 6.45) is 1.97. The van der Waals surface area contributed by atoms with E-state index in [9.17, 15) is 14.4 Å². The van der Waals surface area contributed by atoms with Crippen molar-refractivity contribution in [2.45, 2.75) is 25.4 Å². The molecular formula is C22H19ClN4O3. The number of rotatable bonds is 6. The molecule has 0 aliphatic heterocycles. The third-order valence-electron chi connectivity index (χ3n) is 4.64. The topological polar surface area (TPSA) is 93.1 Å². The summed E-state index contributed by atoms with van der Waals surface area (Å²) in [6, 6.07) is 17.3. The summed E-state index contributed by atoms with van der Waals surface area (Å²) in [5, 5.41) is 10.1. The molecule has 0 bridgehead atoms. The lowest BCUT2D eigenvalue weighted by molar-refractivity contribution is -0.117. The second kappa shape index (κ2) is 8.51. The number of carbonyl (C=O) groups is 2. The molecule has 7 nitrogen and oxygen atoms in total. The van der Waals surface area contributed by atoms with E-state index >= 15 is 0 Å². The maximum atomic E-state index is 12.4. The van der Waals surface area contributed by atoms with Crippen LogP contribution in [-0.2, 0) is 11.3 Å². The van der Waals surface area contributed by atoms with Gasteiger partial charge in [-0.2, -0.15) is 5.10 Å². The Morgan fingerprint density at radius 3 is 2.53 bits per heavy atom. The van der Waals surface area contributed by atoms with Crippen LogP contribution < -0.4 is 16.2 Å². The van der Waals surface area contributed by atoms with E-state index < -0.39 is 5.91 Å². The first kappa shape index (κ1) is 19.8. The van der Waals surface area contributed by atoms with E-state index in [1.54, 1.807) is 18.2 Å². The molecule has 2 amide bonds. The predicted octanol–water partition coefficient (Wildman–Crippen LogP) is 3.09. The van der Waals surface area contributed by atoms with Crippen LogP contribution in [0.3, 0.4) is 0 Å². The minimum Gasteiger partial charge on any atom is -0.349 e. The van der Waals surface area contributed by atoms with Crippen LogP contribution >= 0.6 is 11.6 Å². The molecule has 0 radical (unpaired) electrons. The van der Waals surface area contributed by atoms with Gasteiger partial charge in [-0.1, -0.05) is 41.9 Å². The standard InChI is InChI=1S/C22H19ClN4O3/c23-18-12-16(8-9-17(18)22(30)25-15-6-7-15)24-20(28)13-27-21(29)11-10-19(26-27)14-4-2-1-3-5-14/h1-5,8-12,15H,6-7,13H2,(H,24,28)(H,25,30). The molecule has 0 unspecified atom stereocenters. The highest BCUT2D eigenvalue weighted by atomic mass is 35.5. The fourth-order valence-corrected chi connectivity index (χ4v) is 3.20. The minimum absolute atomic E-state index is 0.227. The Hall–Kier alpha value is -3.45. The van der Waals surface area contributed by atoms with Gasteiger partial charge in [-0.05, 0) is 37.1 Å². The lowest BCUT2D eigenvalue weighted by Crippen LogP contribution is -2.29. The summed E-state index contributed by atoms with van der Waals surface area (Å²) in [4.78, 5) is 36.7. The maximum absolute atomic E-state index is 12.4. The van der Waals surface area contributed by atoms with Gasteiger partial charge in [0, 0.05) is 23.4 Å². The number of hydrogen-bond donors (Lipinski definition) is 2. The van der Waals surface area contributed by atoms with Gasteiger partial charge in [-0.3, -0.25) is 14.4 Å². The Kier molecular flexibility index (Phi) is 5.63. The van der Waals surface area contributed by atoms with Crippen molar-refractivity contribution >= 4 is 29.1 Å². The van der Waals surface area contributed by atoms with Gasteiger partial charge in [0.15, 0.2) is 0 Å². The molecule has 8 heteroatoms. The van der Waals surface area contributed by atoms with Crippen LogP contribution in [0.5, 0.6) is 0 Å². The summed E-state index contributed by atoms with van der Waals surface area (Å²) < 4.78 is 1.11. The lowest BCUT2D eigenvalue weighted by Gasteiger charge is -2.10. The average molecular weight is 423 g/mol. The van der Waals surface area contributed by atoms with E-state index in [-0.39, 0.29) is 29.1 Å². The number of benzene rings is 2. The van der Waals surface area contributed by atoms with E-state index in [0.29, 0.717) is 16.9 Å². The Bertz CT molecular complexity index is 1160. The van der Waals surface area contributed by atoms with Crippen molar-refractivity contribution in [2.75, 3.05) is 5.32 Å². The molecular weight excluding hydrogens is 404 g/mol. The summed E-state index contributed by atoms with van der Waals surface area (Å²) >= 11 is 6.21. The number of aromatic nitrogens is 2. The highest BCUT2D eigenvalue weighted by Crippen LogP contribution is 2.24.